The summed E-state index contributed by atoms with van der Waals surface area (Å²) < 4.78 is 0. The molecule has 1 aliphatic heterocycles. The van der Waals surface area contributed by atoms with Gasteiger partial charge in [-0.3, -0.25) is 14.5 Å². The number of hydrogen-bond acceptors (Lipinski definition) is 3. The van der Waals surface area contributed by atoms with Gasteiger partial charge in [0.15, 0.2) is 0 Å². The van der Waals surface area contributed by atoms with Crippen LogP contribution < -0.4 is 11.1 Å². The summed E-state index contributed by atoms with van der Waals surface area (Å²) in [4.78, 5) is 25.5. The zero-order valence-electron chi connectivity index (χ0n) is 12.6. The van der Waals surface area contributed by atoms with Gasteiger partial charge >= 0.3 is 0 Å². The molecule has 1 saturated heterocycles. The van der Waals surface area contributed by atoms with Crippen molar-refractivity contribution in [3.63, 3.8) is 0 Å². The number of carbonyl (C=O) groups is 2. The summed E-state index contributed by atoms with van der Waals surface area (Å²) in [5.74, 6) is 0.156. The number of likely N-dealkylation sites (tertiary alicyclic amines) is 1. The molecule has 21 heavy (non-hydrogen) atoms. The molecule has 2 amide bonds. The Labute approximate surface area is 125 Å². The molecule has 2 atom stereocenters. The van der Waals surface area contributed by atoms with Crippen molar-refractivity contribution in [1.82, 2.24) is 4.90 Å². The summed E-state index contributed by atoms with van der Waals surface area (Å²) in [6, 6.07) is 6.48. The SMILES string of the molecule is CC1CCCN(C(C)C(=O)Nc2ccc(C(N)=O)cc2)C1. The van der Waals surface area contributed by atoms with Crippen LogP contribution in [-0.2, 0) is 4.79 Å². The molecule has 2 unspecified atom stereocenters. The molecule has 0 aliphatic carbocycles. The first-order chi connectivity index (χ1) is 9.97. The maximum atomic E-state index is 12.3. The minimum Gasteiger partial charge on any atom is -0.366 e. The summed E-state index contributed by atoms with van der Waals surface area (Å²) in [6.45, 7) is 6.10. The highest BCUT2D eigenvalue weighted by molar-refractivity contribution is 5.96. The van der Waals surface area contributed by atoms with Crippen LogP contribution in [0.15, 0.2) is 24.3 Å². The highest BCUT2D eigenvalue weighted by Gasteiger charge is 2.25. The minimum absolute atomic E-state index is 0.0177. The van der Waals surface area contributed by atoms with Crippen LogP contribution in [0.3, 0.4) is 0 Å². The fraction of sp³-hybridized carbons (Fsp3) is 0.500. The molecule has 5 heteroatoms. The molecule has 1 aliphatic rings. The van der Waals surface area contributed by atoms with Crippen LogP contribution in [0.25, 0.3) is 0 Å². The van der Waals surface area contributed by atoms with E-state index in [1.54, 1.807) is 24.3 Å². The number of benzene rings is 1. The van der Waals surface area contributed by atoms with Crippen LogP contribution in [0.1, 0.15) is 37.0 Å². The fourth-order valence-electron chi connectivity index (χ4n) is 2.71. The van der Waals surface area contributed by atoms with E-state index in [1.165, 1.54) is 6.42 Å². The topological polar surface area (TPSA) is 75.4 Å². The third-order valence-corrected chi connectivity index (χ3v) is 4.05. The average Bonchev–Trinajstić information content (AvgIpc) is 2.47. The lowest BCUT2D eigenvalue weighted by Crippen LogP contribution is -2.46. The van der Waals surface area contributed by atoms with E-state index in [-0.39, 0.29) is 11.9 Å². The van der Waals surface area contributed by atoms with Crippen molar-refractivity contribution in [1.29, 1.82) is 0 Å². The highest BCUT2D eigenvalue weighted by Crippen LogP contribution is 2.18. The van der Waals surface area contributed by atoms with Crippen molar-refractivity contribution in [2.24, 2.45) is 11.7 Å². The molecule has 0 saturated carbocycles. The van der Waals surface area contributed by atoms with Gasteiger partial charge in [0.05, 0.1) is 6.04 Å². The minimum atomic E-state index is -0.469. The molecule has 1 aromatic carbocycles. The zero-order valence-corrected chi connectivity index (χ0v) is 12.6. The Morgan fingerprint density at radius 3 is 2.57 bits per heavy atom. The lowest BCUT2D eigenvalue weighted by atomic mass is 9.99. The van der Waals surface area contributed by atoms with Crippen LogP contribution in [0.2, 0.25) is 0 Å². The van der Waals surface area contributed by atoms with Gasteiger partial charge in [0.1, 0.15) is 0 Å². The van der Waals surface area contributed by atoms with Crippen LogP contribution in [0, 0.1) is 5.92 Å². The average molecular weight is 289 g/mol. The second kappa shape index (κ2) is 6.72. The number of rotatable bonds is 4. The van der Waals surface area contributed by atoms with Crippen LogP contribution in [0.5, 0.6) is 0 Å². The third-order valence-electron chi connectivity index (χ3n) is 4.05. The Bertz CT molecular complexity index is 513. The molecule has 1 heterocycles. The molecular formula is C16H23N3O2. The molecule has 2 rings (SSSR count). The van der Waals surface area contributed by atoms with Gasteiger partial charge in [-0.15, -0.1) is 0 Å². The van der Waals surface area contributed by atoms with Gasteiger partial charge in [0.2, 0.25) is 11.8 Å². The van der Waals surface area contributed by atoms with Gasteiger partial charge in [-0.1, -0.05) is 6.92 Å². The van der Waals surface area contributed by atoms with Gasteiger partial charge < -0.3 is 11.1 Å². The second-order valence-electron chi connectivity index (χ2n) is 5.85. The number of anilines is 1. The standard InChI is InChI=1S/C16H23N3O2/c1-11-4-3-9-19(10-11)12(2)16(21)18-14-7-5-13(6-8-14)15(17)20/h5-8,11-12H,3-4,9-10H2,1-2H3,(H2,17,20)(H,18,21). The maximum Gasteiger partial charge on any atom is 0.248 e. The summed E-state index contributed by atoms with van der Waals surface area (Å²) >= 11 is 0. The van der Waals surface area contributed by atoms with E-state index in [9.17, 15) is 9.59 Å². The van der Waals surface area contributed by atoms with E-state index in [0.29, 0.717) is 17.2 Å². The quantitative estimate of drug-likeness (QED) is 0.888. The molecule has 0 bridgehead atoms. The first kappa shape index (κ1) is 15.5. The Morgan fingerprint density at radius 1 is 1.33 bits per heavy atom. The highest BCUT2D eigenvalue weighted by atomic mass is 16.2. The van der Waals surface area contributed by atoms with E-state index in [0.717, 1.165) is 19.5 Å². The lowest BCUT2D eigenvalue weighted by molar-refractivity contribution is -0.121. The van der Waals surface area contributed by atoms with Crippen molar-refractivity contribution in [3.05, 3.63) is 29.8 Å². The number of piperidine rings is 1. The Balaban J connectivity index is 1.95. The molecule has 0 spiro atoms. The Hall–Kier alpha value is -1.88. The van der Waals surface area contributed by atoms with Gasteiger partial charge in [-0.05, 0) is 56.5 Å². The second-order valence-corrected chi connectivity index (χ2v) is 5.85. The smallest absolute Gasteiger partial charge is 0.248 e. The van der Waals surface area contributed by atoms with Crippen LogP contribution in [-0.4, -0.2) is 35.8 Å². The van der Waals surface area contributed by atoms with Crippen molar-refractivity contribution < 1.29 is 9.59 Å². The van der Waals surface area contributed by atoms with Crippen molar-refractivity contribution in [3.8, 4) is 0 Å². The number of nitrogens with two attached hydrogens (primary N) is 1. The van der Waals surface area contributed by atoms with E-state index < -0.39 is 5.91 Å². The molecule has 0 aromatic heterocycles. The molecule has 5 nitrogen and oxygen atoms in total. The summed E-state index contributed by atoms with van der Waals surface area (Å²) in [7, 11) is 0. The number of nitrogens with one attached hydrogen (secondary N) is 1. The van der Waals surface area contributed by atoms with Crippen LogP contribution in [0.4, 0.5) is 5.69 Å². The molecule has 1 aromatic rings. The number of amides is 2. The number of nitrogens with zero attached hydrogens (tertiary/aromatic N) is 1. The largest absolute Gasteiger partial charge is 0.366 e. The van der Waals surface area contributed by atoms with E-state index in [1.807, 2.05) is 6.92 Å². The first-order valence-corrected chi connectivity index (χ1v) is 7.42. The number of carbonyl (C=O) groups excluding carboxylic acids is 2. The fourth-order valence-corrected chi connectivity index (χ4v) is 2.71. The summed E-state index contributed by atoms with van der Waals surface area (Å²) in [5.41, 5.74) is 6.31. The molecule has 1 fully saturated rings. The Kier molecular flexibility index (Phi) is 4.96. The zero-order chi connectivity index (χ0) is 15.4. The number of primary amides is 1. The Morgan fingerprint density at radius 2 is 2.00 bits per heavy atom. The molecule has 0 radical (unpaired) electrons. The first-order valence-electron chi connectivity index (χ1n) is 7.42. The van der Waals surface area contributed by atoms with E-state index in [4.69, 9.17) is 5.73 Å². The lowest BCUT2D eigenvalue weighted by Gasteiger charge is -2.34. The molecule has 3 N–H and O–H groups in total. The maximum absolute atomic E-state index is 12.3. The summed E-state index contributed by atoms with van der Waals surface area (Å²) in [5, 5.41) is 2.89. The summed E-state index contributed by atoms with van der Waals surface area (Å²) in [6.07, 6.45) is 2.38. The molecule has 114 valence electrons. The van der Waals surface area contributed by atoms with Crippen molar-refractivity contribution >= 4 is 17.5 Å². The normalized spacial score (nSPS) is 20.8. The van der Waals surface area contributed by atoms with Gasteiger partial charge in [-0.2, -0.15) is 0 Å². The third kappa shape index (κ3) is 4.04. The predicted molar refractivity (Wildman–Crippen MR) is 83.0 cm³/mol. The van der Waals surface area contributed by atoms with Crippen molar-refractivity contribution in [2.75, 3.05) is 18.4 Å². The van der Waals surface area contributed by atoms with Crippen LogP contribution >= 0.6 is 0 Å². The van der Waals surface area contributed by atoms with E-state index in [2.05, 4.69) is 17.1 Å². The monoisotopic (exact) mass is 289 g/mol. The number of hydrogen-bond donors (Lipinski definition) is 2. The van der Waals surface area contributed by atoms with Gasteiger partial charge in [0.25, 0.3) is 0 Å². The van der Waals surface area contributed by atoms with Crippen molar-refractivity contribution in [2.45, 2.75) is 32.7 Å². The molecular weight excluding hydrogens is 266 g/mol. The van der Waals surface area contributed by atoms with Gasteiger partial charge in [0, 0.05) is 17.8 Å². The van der Waals surface area contributed by atoms with Gasteiger partial charge in [-0.25, -0.2) is 0 Å². The predicted octanol–water partition coefficient (Wildman–Crippen LogP) is 1.84. The van der Waals surface area contributed by atoms with E-state index >= 15 is 0 Å².